The quantitative estimate of drug-likeness (QED) is 0.421. The number of halogens is 1. The van der Waals surface area contributed by atoms with Gasteiger partial charge in [0.05, 0.1) is 44.3 Å². The Kier molecular flexibility index (Phi) is 7.99. The summed E-state index contributed by atoms with van der Waals surface area (Å²) in [5.41, 5.74) is 2.13. The smallest absolute Gasteiger partial charge is 0.255 e. The molecule has 0 bridgehead atoms. The number of carbonyl (C=O) groups excluding carboxylic acids is 2. The number of nitrogens with one attached hydrogen (secondary N) is 3. The van der Waals surface area contributed by atoms with E-state index in [1.807, 2.05) is 6.07 Å². The maximum atomic E-state index is 12.5. The Hall–Kier alpha value is -3.91. The maximum Gasteiger partial charge on any atom is 0.255 e. The van der Waals surface area contributed by atoms with Crippen LogP contribution in [0.2, 0.25) is 5.02 Å². The van der Waals surface area contributed by atoms with Crippen LogP contribution in [0.15, 0.2) is 60.7 Å². The Morgan fingerprint density at radius 2 is 1.45 bits per heavy atom. The van der Waals surface area contributed by atoms with E-state index in [2.05, 4.69) is 16.0 Å². The summed E-state index contributed by atoms with van der Waals surface area (Å²) in [6.07, 6.45) is 0. The van der Waals surface area contributed by atoms with E-state index >= 15 is 0 Å². The minimum absolute atomic E-state index is 0.0167. The van der Waals surface area contributed by atoms with Crippen LogP contribution in [0.5, 0.6) is 17.2 Å². The summed E-state index contributed by atoms with van der Waals surface area (Å²) in [4.78, 5) is 24.9. The molecule has 3 aromatic rings. The van der Waals surface area contributed by atoms with Crippen molar-refractivity contribution in [3.05, 3.63) is 71.2 Å². The van der Waals surface area contributed by atoms with Crippen molar-refractivity contribution in [1.82, 2.24) is 0 Å². The van der Waals surface area contributed by atoms with Gasteiger partial charge in [-0.15, -0.1) is 0 Å². The lowest BCUT2D eigenvalue weighted by molar-refractivity contribution is -0.114. The van der Waals surface area contributed by atoms with Crippen LogP contribution in [0.4, 0.5) is 17.1 Å². The summed E-state index contributed by atoms with van der Waals surface area (Å²) in [7, 11) is 4.55. The SMILES string of the molecule is COc1cc(NCC(=O)Nc2ccc(C(=O)Nc3ccccc3OC)cc2)c(OC)cc1Cl. The lowest BCUT2D eigenvalue weighted by atomic mass is 10.2. The number of methoxy groups -OCH3 is 3. The van der Waals surface area contributed by atoms with E-state index in [9.17, 15) is 9.59 Å². The van der Waals surface area contributed by atoms with E-state index < -0.39 is 0 Å². The van der Waals surface area contributed by atoms with E-state index in [1.165, 1.54) is 21.3 Å². The lowest BCUT2D eigenvalue weighted by Gasteiger charge is -2.14. The first kappa shape index (κ1) is 23.7. The molecule has 0 aliphatic heterocycles. The van der Waals surface area contributed by atoms with Crippen molar-refractivity contribution in [3.63, 3.8) is 0 Å². The van der Waals surface area contributed by atoms with Gasteiger partial charge in [-0.05, 0) is 36.4 Å². The highest BCUT2D eigenvalue weighted by molar-refractivity contribution is 6.32. The van der Waals surface area contributed by atoms with Gasteiger partial charge in [-0.25, -0.2) is 0 Å². The zero-order valence-corrected chi connectivity index (χ0v) is 19.2. The predicted molar refractivity (Wildman–Crippen MR) is 129 cm³/mol. The average Bonchev–Trinajstić information content (AvgIpc) is 2.83. The summed E-state index contributed by atoms with van der Waals surface area (Å²) in [6, 6.07) is 17.0. The summed E-state index contributed by atoms with van der Waals surface area (Å²) < 4.78 is 15.7. The first-order chi connectivity index (χ1) is 15.9. The number of para-hydroxylation sites is 2. The molecule has 0 unspecified atom stereocenters. The molecule has 0 heterocycles. The van der Waals surface area contributed by atoms with Crippen LogP contribution < -0.4 is 30.2 Å². The highest BCUT2D eigenvalue weighted by atomic mass is 35.5. The number of hydrogen-bond acceptors (Lipinski definition) is 6. The molecule has 0 aliphatic rings. The molecule has 3 aromatic carbocycles. The van der Waals surface area contributed by atoms with Crippen molar-refractivity contribution >= 4 is 40.5 Å². The minimum Gasteiger partial charge on any atom is -0.495 e. The van der Waals surface area contributed by atoms with Crippen molar-refractivity contribution in [2.45, 2.75) is 0 Å². The fourth-order valence-corrected chi connectivity index (χ4v) is 3.26. The van der Waals surface area contributed by atoms with E-state index in [4.69, 9.17) is 25.8 Å². The largest absolute Gasteiger partial charge is 0.495 e. The third kappa shape index (κ3) is 6.08. The number of rotatable bonds is 9. The molecule has 9 heteroatoms. The number of amides is 2. The molecule has 0 fully saturated rings. The first-order valence-electron chi connectivity index (χ1n) is 9.94. The summed E-state index contributed by atoms with van der Waals surface area (Å²) in [5.74, 6) is 0.943. The second kappa shape index (κ2) is 11.1. The van der Waals surface area contributed by atoms with Crippen LogP contribution >= 0.6 is 11.6 Å². The Balaban J connectivity index is 1.59. The number of benzene rings is 3. The van der Waals surface area contributed by atoms with Crippen molar-refractivity contribution in [1.29, 1.82) is 0 Å². The highest BCUT2D eigenvalue weighted by Crippen LogP contribution is 2.35. The second-order valence-electron chi connectivity index (χ2n) is 6.82. The lowest BCUT2D eigenvalue weighted by Crippen LogP contribution is -2.22. The molecule has 0 radical (unpaired) electrons. The van der Waals surface area contributed by atoms with E-state index in [-0.39, 0.29) is 18.4 Å². The topological polar surface area (TPSA) is 97.9 Å². The molecule has 3 N–H and O–H groups in total. The van der Waals surface area contributed by atoms with Crippen molar-refractivity contribution < 1.29 is 23.8 Å². The summed E-state index contributed by atoms with van der Waals surface area (Å²) >= 11 is 6.10. The van der Waals surface area contributed by atoms with Crippen molar-refractivity contribution in [3.8, 4) is 17.2 Å². The van der Waals surface area contributed by atoms with Crippen LogP contribution in [0, 0.1) is 0 Å². The van der Waals surface area contributed by atoms with Crippen molar-refractivity contribution in [2.24, 2.45) is 0 Å². The third-order valence-corrected chi connectivity index (χ3v) is 4.99. The van der Waals surface area contributed by atoms with Crippen LogP contribution in [-0.4, -0.2) is 39.7 Å². The number of carbonyl (C=O) groups is 2. The zero-order chi connectivity index (χ0) is 23.8. The highest BCUT2D eigenvalue weighted by Gasteiger charge is 2.12. The second-order valence-corrected chi connectivity index (χ2v) is 7.23. The molecule has 0 aliphatic carbocycles. The normalized spacial score (nSPS) is 10.2. The van der Waals surface area contributed by atoms with Gasteiger partial charge in [-0.1, -0.05) is 23.7 Å². The molecular weight excluding hydrogens is 446 g/mol. The molecule has 172 valence electrons. The Morgan fingerprint density at radius 1 is 0.788 bits per heavy atom. The molecule has 0 aromatic heterocycles. The van der Waals surface area contributed by atoms with Crippen LogP contribution in [0.25, 0.3) is 0 Å². The monoisotopic (exact) mass is 469 g/mol. The first-order valence-corrected chi connectivity index (χ1v) is 10.3. The van der Waals surface area contributed by atoms with Crippen LogP contribution in [0.3, 0.4) is 0 Å². The van der Waals surface area contributed by atoms with Gasteiger partial charge in [0.15, 0.2) is 0 Å². The number of hydrogen-bond donors (Lipinski definition) is 3. The van der Waals surface area contributed by atoms with Crippen LogP contribution in [0.1, 0.15) is 10.4 Å². The number of ether oxygens (including phenoxy) is 3. The molecular formula is C24H24ClN3O5. The maximum absolute atomic E-state index is 12.5. The molecule has 0 spiro atoms. The Bertz CT molecular complexity index is 1140. The van der Waals surface area contributed by atoms with Gasteiger partial charge in [0, 0.05) is 23.4 Å². The predicted octanol–water partition coefficient (Wildman–Crippen LogP) is 4.67. The molecule has 2 amide bonds. The van der Waals surface area contributed by atoms with Gasteiger partial charge < -0.3 is 30.2 Å². The standard InChI is InChI=1S/C24H24ClN3O5/c1-31-20-7-5-4-6-18(20)28-24(30)15-8-10-16(11-9-15)27-23(29)14-26-19-13-21(32-2)17(25)12-22(19)33-3/h4-13,26H,14H2,1-3H3,(H,27,29)(H,28,30). The van der Waals surface area contributed by atoms with Gasteiger partial charge in [-0.3, -0.25) is 9.59 Å². The van der Waals surface area contributed by atoms with Crippen LogP contribution in [-0.2, 0) is 4.79 Å². The van der Waals surface area contributed by atoms with E-state index in [0.717, 1.165) is 0 Å². The molecule has 3 rings (SSSR count). The van der Waals surface area contributed by atoms with Gasteiger partial charge in [-0.2, -0.15) is 0 Å². The number of anilines is 3. The molecule has 0 atom stereocenters. The van der Waals surface area contributed by atoms with Gasteiger partial charge >= 0.3 is 0 Å². The molecule has 8 nitrogen and oxygen atoms in total. The molecule has 33 heavy (non-hydrogen) atoms. The Labute approximate surface area is 196 Å². The molecule has 0 saturated heterocycles. The fraction of sp³-hybridized carbons (Fsp3) is 0.167. The average molecular weight is 470 g/mol. The van der Waals surface area contributed by atoms with Crippen molar-refractivity contribution in [2.75, 3.05) is 43.8 Å². The third-order valence-electron chi connectivity index (χ3n) is 4.70. The zero-order valence-electron chi connectivity index (χ0n) is 18.4. The summed E-state index contributed by atoms with van der Waals surface area (Å²) in [5, 5.41) is 8.98. The van der Waals surface area contributed by atoms with E-state index in [0.29, 0.717) is 44.9 Å². The van der Waals surface area contributed by atoms with Gasteiger partial charge in [0.25, 0.3) is 5.91 Å². The minimum atomic E-state index is -0.289. The fourth-order valence-electron chi connectivity index (χ4n) is 3.03. The molecule has 0 saturated carbocycles. The van der Waals surface area contributed by atoms with Gasteiger partial charge in [0.2, 0.25) is 5.91 Å². The summed E-state index contributed by atoms with van der Waals surface area (Å²) in [6.45, 7) is -0.0167. The van der Waals surface area contributed by atoms with Gasteiger partial charge in [0.1, 0.15) is 17.2 Å². The van der Waals surface area contributed by atoms with E-state index in [1.54, 1.807) is 54.6 Å². The Morgan fingerprint density at radius 3 is 2.12 bits per heavy atom.